The van der Waals surface area contributed by atoms with Crippen LogP contribution in [0.2, 0.25) is 0 Å². The number of aliphatic imine (C=N–C) groups is 1. The van der Waals surface area contributed by atoms with Gasteiger partial charge in [-0.05, 0) is 60.8 Å². The van der Waals surface area contributed by atoms with Crippen LogP contribution < -0.4 is 26.2 Å². The highest BCUT2D eigenvalue weighted by atomic mass is 16.5. The quantitative estimate of drug-likeness (QED) is 0.587. The first-order valence-electron chi connectivity index (χ1n) is 11.2. The molecule has 1 amide bonds. The molecule has 0 aliphatic carbocycles. The molecule has 0 saturated heterocycles. The van der Waals surface area contributed by atoms with Crippen LogP contribution in [0.5, 0.6) is 5.75 Å². The minimum atomic E-state index is -0.137. The predicted molar refractivity (Wildman–Crippen MR) is 124 cm³/mol. The van der Waals surface area contributed by atoms with Crippen LogP contribution in [0.15, 0.2) is 53.0 Å². The molecule has 2 aromatic rings. The van der Waals surface area contributed by atoms with E-state index in [1.54, 1.807) is 0 Å². The second kappa shape index (κ2) is 7.93. The first kappa shape index (κ1) is 19.3. The van der Waals surface area contributed by atoms with Gasteiger partial charge in [-0.15, -0.1) is 0 Å². The SMILES string of the molecule is O=C1NCCOc2cc(C3=C4C=C(c5ccc6c(c5)CCNCC6)C=NC4NN3)ccc21. The minimum absolute atomic E-state index is 0.0973. The predicted octanol–water partition coefficient (Wildman–Crippen LogP) is 1.81. The number of hydrogen-bond donors (Lipinski definition) is 4. The maximum atomic E-state index is 12.2. The molecule has 6 rings (SSSR count). The van der Waals surface area contributed by atoms with Gasteiger partial charge in [-0.1, -0.05) is 24.3 Å². The fourth-order valence-corrected chi connectivity index (χ4v) is 4.71. The van der Waals surface area contributed by atoms with Crippen molar-refractivity contribution in [3.8, 4) is 5.75 Å². The van der Waals surface area contributed by atoms with E-state index in [9.17, 15) is 4.79 Å². The smallest absolute Gasteiger partial charge is 0.255 e. The third kappa shape index (κ3) is 3.39. The van der Waals surface area contributed by atoms with Crippen molar-refractivity contribution in [2.45, 2.75) is 19.0 Å². The molecule has 0 saturated carbocycles. The van der Waals surface area contributed by atoms with Crippen molar-refractivity contribution in [1.82, 2.24) is 21.5 Å². The molecule has 32 heavy (non-hydrogen) atoms. The van der Waals surface area contributed by atoms with Gasteiger partial charge in [-0.2, -0.15) is 0 Å². The topological polar surface area (TPSA) is 86.8 Å². The van der Waals surface area contributed by atoms with Gasteiger partial charge in [0.1, 0.15) is 18.5 Å². The average molecular weight is 428 g/mol. The van der Waals surface area contributed by atoms with Gasteiger partial charge in [0.05, 0.1) is 17.8 Å². The van der Waals surface area contributed by atoms with E-state index >= 15 is 0 Å². The number of carbonyl (C=O) groups is 1. The van der Waals surface area contributed by atoms with Crippen LogP contribution >= 0.6 is 0 Å². The van der Waals surface area contributed by atoms with Gasteiger partial charge in [0.15, 0.2) is 0 Å². The number of hydrazine groups is 1. The third-order valence-electron chi connectivity index (χ3n) is 6.43. The zero-order valence-electron chi connectivity index (χ0n) is 17.7. The molecule has 7 nitrogen and oxygen atoms in total. The number of ether oxygens (including phenoxy) is 1. The number of carbonyl (C=O) groups excluding carboxylic acids is 1. The summed E-state index contributed by atoms with van der Waals surface area (Å²) in [5.41, 5.74) is 15.2. The molecule has 2 aromatic carbocycles. The Labute approximate surface area is 186 Å². The Morgan fingerprint density at radius 1 is 0.969 bits per heavy atom. The Bertz CT molecular complexity index is 1200. The average Bonchev–Trinajstić information content (AvgIpc) is 2.97. The zero-order chi connectivity index (χ0) is 21.5. The lowest BCUT2D eigenvalue weighted by atomic mass is 9.93. The molecule has 4 aliphatic rings. The summed E-state index contributed by atoms with van der Waals surface area (Å²) in [4.78, 5) is 17.0. The summed E-state index contributed by atoms with van der Waals surface area (Å²) in [6.07, 6.45) is 6.15. The van der Waals surface area contributed by atoms with Gasteiger partial charge in [0, 0.05) is 22.9 Å². The number of nitrogens with one attached hydrogen (secondary N) is 4. The highest BCUT2D eigenvalue weighted by Gasteiger charge is 2.28. The molecule has 162 valence electrons. The van der Waals surface area contributed by atoms with Crippen LogP contribution in [0.25, 0.3) is 11.3 Å². The number of nitrogens with zero attached hydrogens (tertiary/aromatic N) is 1. The largest absolute Gasteiger partial charge is 0.491 e. The summed E-state index contributed by atoms with van der Waals surface area (Å²) in [5, 5.41) is 6.32. The molecule has 0 bridgehead atoms. The van der Waals surface area contributed by atoms with Crippen molar-refractivity contribution in [2.75, 3.05) is 26.2 Å². The van der Waals surface area contributed by atoms with Gasteiger partial charge in [0.25, 0.3) is 5.91 Å². The van der Waals surface area contributed by atoms with Gasteiger partial charge in [0.2, 0.25) is 0 Å². The molecule has 0 aromatic heterocycles. The molecule has 0 fully saturated rings. The molecule has 4 N–H and O–H groups in total. The second-order valence-corrected chi connectivity index (χ2v) is 8.43. The Morgan fingerprint density at radius 2 is 1.84 bits per heavy atom. The number of hydrogen-bond acceptors (Lipinski definition) is 6. The van der Waals surface area contributed by atoms with Crippen LogP contribution in [-0.2, 0) is 12.8 Å². The number of amides is 1. The molecule has 4 heterocycles. The Balaban J connectivity index is 1.38. The van der Waals surface area contributed by atoms with Crippen LogP contribution in [-0.4, -0.2) is 44.5 Å². The van der Waals surface area contributed by atoms with E-state index in [0.29, 0.717) is 24.5 Å². The summed E-state index contributed by atoms with van der Waals surface area (Å²) < 4.78 is 5.80. The second-order valence-electron chi connectivity index (χ2n) is 8.43. The van der Waals surface area contributed by atoms with Gasteiger partial charge < -0.3 is 20.8 Å². The molecule has 4 aliphatic heterocycles. The maximum absolute atomic E-state index is 12.2. The standard InChI is InChI=1S/C25H25N5O2/c31-25-20-4-3-18(13-22(20)32-10-9-27-25)23-21-12-19(14-28-24(21)30-29-23)16-2-1-15-5-7-26-8-6-17(15)11-16/h1-4,11-14,24,26,29-30H,5-10H2,(H,27,31). The van der Waals surface area contributed by atoms with Gasteiger partial charge in [-0.3, -0.25) is 9.79 Å². The van der Waals surface area contributed by atoms with E-state index in [1.807, 2.05) is 24.4 Å². The van der Waals surface area contributed by atoms with Gasteiger partial charge in [-0.25, -0.2) is 5.43 Å². The normalized spacial score (nSPS) is 21.8. The lowest BCUT2D eigenvalue weighted by Gasteiger charge is -2.16. The Hall–Kier alpha value is -3.42. The van der Waals surface area contributed by atoms with Crippen LogP contribution in [0.1, 0.15) is 32.6 Å². The first-order valence-corrected chi connectivity index (χ1v) is 11.2. The van der Waals surface area contributed by atoms with Crippen molar-refractivity contribution < 1.29 is 9.53 Å². The number of dihydropyridines is 1. The Kier molecular flexibility index (Phi) is 4.78. The van der Waals surface area contributed by atoms with E-state index in [-0.39, 0.29) is 12.1 Å². The van der Waals surface area contributed by atoms with Crippen molar-refractivity contribution >= 4 is 23.4 Å². The van der Waals surface area contributed by atoms with E-state index in [1.165, 1.54) is 16.7 Å². The van der Waals surface area contributed by atoms with E-state index < -0.39 is 0 Å². The minimum Gasteiger partial charge on any atom is -0.491 e. The summed E-state index contributed by atoms with van der Waals surface area (Å²) >= 11 is 0. The lowest BCUT2D eigenvalue weighted by molar-refractivity contribution is 0.0957. The molecule has 1 unspecified atom stereocenters. The van der Waals surface area contributed by atoms with Crippen LogP contribution in [0.3, 0.4) is 0 Å². The zero-order valence-corrected chi connectivity index (χ0v) is 17.7. The molecular formula is C25H25N5O2. The van der Waals surface area contributed by atoms with Crippen molar-refractivity contribution in [3.05, 3.63) is 75.9 Å². The summed E-state index contributed by atoms with van der Waals surface area (Å²) in [6, 6.07) is 12.5. The number of allylic oxidation sites excluding steroid dienone is 1. The monoisotopic (exact) mass is 427 g/mol. The molecule has 0 spiro atoms. The first-order chi connectivity index (χ1) is 15.8. The van der Waals surface area contributed by atoms with E-state index in [2.05, 4.69) is 45.8 Å². The fourth-order valence-electron chi connectivity index (χ4n) is 4.71. The highest BCUT2D eigenvalue weighted by Crippen LogP contribution is 2.33. The lowest BCUT2D eigenvalue weighted by Crippen LogP contribution is -2.31. The Morgan fingerprint density at radius 3 is 2.78 bits per heavy atom. The number of benzene rings is 2. The number of rotatable bonds is 2. The molecule has 7 heteroatoms. The van der Waals surface area contributed by atoms with Crippen LogP contribution in [0, 0.1) is 0 Å². The van der Waals surface area contributed by atoms with Crippen molar-refractivity contribution in [3.63, 3.8) is 0 Å². The molecule has 1 atom stereocenters. The van der Waals surface area contributed by atoms with E-state index in [0.717, 1.165) is 48.3 Å². The maximum Gasteiger partial charge on any atom is 0.255 e. The fraction of sp³-hybridized carbons (Fsp3) is 0.280. The summed E-state index contributed by atoms with van der Waals surface area (Å²) in [5.74, 6) is 0.513. The third-order valence-corrected chi connectivity index (χ3v) is 6.43. The van der Waals surface area contributed by atoms with Crippen molar-refractivity contribution in [1.29, 1.82) is 0 Å². The van der Waals surface area contributed by atoms with Crippen molar-refractivity contribution in [2.24, 2.45) is 4.99 Å². The summed E-state index contributed by atoms with van der Waals surface area (Å²) in [6.45, 7) is 3.03. The highest BCUT2D eigenvalue weighted by molar-refractivity contribution is 6.12. The molecule has 0 radical (unpaired) electrons. The van der Waals surface area contributed by atoms with Gasteiger partial charge >= 0.3 is 0 Å². The number of fused-ring (bicyclic) bond motifs is 3. The van der Waals surface area contributed by atoms with Crippen LogP contribution in [0.4, 0.5) is 0 Å². The molecular weight excluding hydrogens is 402 g/mol. The summed E-state index contributed by atoms with van der Waals surface area (Å²) in [7, 11) is 0. The van der Waals surface area contributed by atoms with E-state index in [4.69, 9.17) is 9.73 Å².